The minimum atomic E-state index is -0.581. The number of methoxy groups -OCH3 is 1. The zero-order valence-corrected chi connectivity index (χ0v) is 20.0. The Kier molecular flexibility index (Phi) is 10.7. The average molecular weight is 463 g/mol. The molecule has 2 aromatic carbocycles. The van der Waals surface area contributed by atoms with Gasteiger partial charge in [0.05, 0.1) is 12.9 Å². The largest absolute Gasteiger partial charge is 0.497 e. The van der Waals surface area contributed by atoms with Crippen LogP contribution in [0.1, 0.15) is 37.8 Å². The number of unbranched alkanes of at least 4 members (excludes halogenated alkanes) is 1. The number of carbonyl (C=O) groups is 2. The fraction of sp³-hybridized carbons (Fsp3) is 0.417. The van der Waals surface area contributed by atoms with Gasteiger partial charge < -0.3 is 15.0 Å². The lowest BCUT2D eigenvalue weighted by atomic mass is 10.1. The first-order valence-corrected chi connectivity index (χ1v) is 12.0. The first-order chi connectivity index (χ1) is 15.0. The Morgan fingerprint density at radius 1 is 1.16 bits per heavy atom. The molecule has 0 bridgehead atoms. The molecule has 31 heavy (non-hydrogen) atoms. The Balaban J connectivity index is 2.03. The van der Waals surface area contributed by atoms with E-state index in [2.05, 4.69) is 12.2 Å². The number of nitrogens with zero attached hydrogens (tertiary/aromatic N) is 1. The van der Waals surface area contributed by atoms with E-state index in [0.717, 1.165) is 29.7 Å². The fourth-order valence-electron chi connectivity index (χ4n) is 2.99. The number of ether oxygens (including phenoxy) is 1. The minimum absolute atomic E-state index is 0.0865. The Morgan fingerprint density at radius 2 is 1.87 bits per heavy atom. The molecular weight excluding hydrogens is 432 g/mol. The first kappa shape index (κ1) is 25.1. The van der Waals surface area contributed by atoms with Crippen LogP contribution in [-0.4, -0.2) is 42.2 Å². The van der Waals surface area contributed by atoms with E-state index >= 15 is 0 Å². The van der Waals surface area contributed by atoms with E-state index in [0.29, 0.717) is 23.9 Å². The molecule has 0 aromatic heterocycles. The van der Waals surface area contributed by atoms with E-state index in [1.54, 1.807) is 25.0 Å². The van der Waals surface area contributed by atoms with Crippen molar-refractivity contribution < 1.29 is 14.3 Å². The van der Waals surface area contributed by atoms with Crippen molar-refractivity contribution in [1.82, 2.24) is 10.2 Å². The molecule has 0 aliphatic rings. The Labute approximate surface area is 194 Å². The van der Waals surface area contributed by atoms with E-state index in [9.17, 15) is 9.59 Å². The van der Waals surface area contributed by atoms with Crippen LogP contribution in [0.25, 0.3) is 0 Å². The number of thioether (sulfide) groups is 1. The summed E-state index contributed by atoms with van der Waals surface area (Å²) in [5.41, 5.74) is 1.94. The maximum Gasteiger partial charge on any atom is 0.242 e. The first-order valence-electron chi connectivity index (χ1n) is 10.5. The highest BCUT2D eigenvalue weighted by atomic mass is 35.5. The summed E-state index contributed by atoms with van der Waals surface area (Å²) in [5, 5.41) is 3.52. The van der Waals surface area contributed by atoms with Crippen molar-refractivity contribution in [2.24, 2.45) is 0 Å². The highest BCUT2D eigenvalue weighted by molar-refractivity contribution is 7.99. The average Bonchev–Trinajstić information content (AvgIpc) is 2.78. The van der Waals surface area contributed by atoms with E-state index in [4.69, 9.17) is 16.3 Å². The molecule has 5 nitrogen and oxygen atoms in total. The molecule has 0 unspecified atom stereocenters. The molecule has 0 saturated heterocycles. The summed E-state index contributed by atoms with van der Waals surface area (Å²) >= 11 is 7.84. The summed E-state index contributed by atoms with van der Waals surface area (Å²) in [6.45, 7) is 4.75. The van der Waals surface area contributed by atoms with Crippen molar-refractivity contribution >= 4 is 35.2 Å². The molecule has 0 heterocycles. The lowest BCUT2D eigenvalue weighted by Crippen LogP contribution is -2.48. The van der Waals surface area contributed by atoms with Crippen LogP contribution in [0.2, 0.25) is 5.02 Å². The lowest BCUT2D eigenvalue weighted by molar-refractivity contribution is -0.138. The molecule has 0 saturated carbocycles. The molecule has 2 amide bonds. The standard InChI is InChI=1S/C24H31ClN2O3S/c1-4-5-14-26-24(29)18(2)27(15-20-8-6-7-9-22(20)25)23(28)17-31-16-19-10-12-21(30-3)13-11-19/h6-13,18H,4-5,14-17H2,1-3H3,(H,26,29)/t18-/m1/s1. The summed E-state index contributed by atoms with van der Waals surface area (Å²) in [4.78, 5) is 27.3. The van der Waals surface area contributed by atoms with Gasteiger partial charge in [-0.3, -0.25) is 9.59 Å². The number of benzene rings is 2. The smallest absolute Gasteiger partial charge is 0.242 e. The summed E-state index contributed by atoms with van der Waals surface area (Å²) in [5.74, 6) is 1.56. The molecular formula is C24H31ClN2O3S. The monoisotopic (exact) mass is 462 g/mol. The Morgan fingerprint density at radius 3 is 2.52 bits per heavy atom. The molecule has 0 fully saturated rings. The third-order valence-electron chi connectivity index (χ3n) is 4.95. The van der Waals surface area contributed by atoms with Crippen LogP contribution in [0, 0.1) is 0 Å². The third-order valence-corrected chi connectivity index (χ3v) is 6.31. The van der Waals surface area contributed by atoms with Gasteiger partial charge in [0.2, 0.25) is 11.8 Å². The summed E-state index contributed by atoms with van der Waals surface area (Å²) in [6.07, 6.45) is 1.91. The molecule has 0 radical (unpaired) electrons. The third kappa shape index (κ3) is 8.11. The van der Waals surface area contributed by atoms with E-state index in [-0.39, 0.29) is 17.6 Å². The van der Waals surface area contributed by atoms with Crippen molar-refractivity contribution in [2.75, 3.05) is 19.4 Å². The van der Waals surface area contributed by atoms with Gasteiger partial charge in [-0.2, -0.15) is 0 Å². The molecule has 168 valence electrons. The second kappa shape index (κ2) is 13.3. The second-order valence-electron chi connectivity index (χ2n) is 7.27. The predicted molar refractivity (Wildman–Crippen MR) is 129 cm³/mol. The highest BCUT2D eigenvalue weighted by Crippen LogP contribution is 2.21. The van der Waals surface area contributed by atoms with Crippen LogP contribution in [0.5, 0.6) is 5.75 Å². The number of halogens is 1. The van der Waals surface area contributed by atoms with Crippen molar-refractivity contribution in [1.29, 1.82) is 0 Å². The lowest BCUT2D eigenvalue weighted by Gasteiger charge is -2.29. The van der Waals surface area contributed by atoms with Gasteiger partial charge >= 0.3 is 0 Å². The maximum absolute atomic E-state index is 13.1. The van der Waals surface area contributed by atoms with Crippen LogP contribution in [-0.2, 0) is 21.9 Å². The fourth-order valence-corrected chi connectivity index (χ4v) is 4.06. The number of nitrogens with one attached hydrogen (secondary N) is 1. The predicted octanol–water partition coefficient (Wildman–Crippen LogP) is 4.92. The molecule has 1 atom stereocenters. The summed E-state index contributed by atoms with van der Waals surface area (Å²) < 4.78 is 5.18. The van der Waals surface area contributed by atoms with Crippen LogP contribution in [0.4, 0.5) is 0 Å². The van der Waals surface area contributed by atoms with Gasteiger partial charge in [0, 0.05) is 23.9 Å². The van der Waals surface area contributed by atoms with Gasteiger partial charge in [0.25, 0.3) is 0 Å². The number of rotatable bonds is 12. The second-order valence-corrected chi connectivity index (χ2v) is 8.67. The number of amides is 2. The SMILES string of the molecule is CCCCNC(=O)[C@@H](C)N(Cc1ccccc1Cl)C(=O)CSCc1ccc(OC)cc1. The maximum atomic E-state index is 13.1. The van der Waals surface area contributed by atoms with Gasteiger partial charge in [-0.15, -0.1) is 11.8 Å². The molecule has 0 spiro atoms. The zero-order chi connectivity index (χ0) is 22.6. The highest BCUT2D eigenvalue weighted by Gasteiger charge is 2.26. The van der Waals surface area contributed by atoms with Gasteiger partial charge in [-0.25, -0.2) is 0 Å². The van der Waals surface area contributed by atoms with Crippen LogP contribution in [0.15, 0.2) is 48.5 Å². The minimum Gasteiger partial charge on any atom is -0.497 e. The van der Waals surface area contributed by atoms with E-state index in [1.165, 1.54) is 11.8 Å². The van der Waals surface area contributed by atoms with Crippen molar-refractivity contribution in [3.05, 3.63) is 64.7 Å². The van der Waals surface area contributed by atoms with Gasteiger partial charge in [0.1, 0.15) is 11.8 Å². The van der Waals surface area contributed by atoms with Gasteiger partial charge in [-0.05, 0) is 42.7 Å². The molecule has 0 aliphatic carbocycles. The van der Waals surface area contributed by atoms with Gasteiger partial charge in [-0.1, -0.05) is 55.3 Å². The van der Waals surface area contributed by atoms with Crippen LogP contribution in [0.3, 0.4) is 0 Å². The number of carbonyl (C=O) groups excluding carboxylic acids is 2. The quantitative estimate of drug-likeness (QED) is 0.455. The topological polar surface area (TPSA) is 58.6 Å². The van der Waals surface area contributed by atoms with Crippen molar-refractivity contribution in [3.63, 3.8) is 0 Å². The van der Waals surface area contributed by atoms with Crippen molar-refractivity contribution in [2.45, 2.75) is 45.0 Å². The summed E-state index contributed by atoms with van der Waals surface area (Å²) in [6, 6.07) is 14.6. The molecule has 2 rings (SSSR count). The molecule has 7 heteroatoms. The van der Waals surface area contributed by atoms with E-state index < -0.39 is 6.04 Å². The van der Waals surface area contributed by atoms with E-state index in [1.807, 2.05) is 42.5 Å². The summed E-state index contributed by atoms with van der Waals surface area (Å²) in [7, 11) is 1.63. The van der Waals surface area contributed by atoms with Gasteiger partial charge in [0.15, 0.2) is 0 Å². The van der Waals surface area contributed by atoms with Crippen molar-refractivity contribution in [3.8, 4) is 5.75 Å². The number of hydrogen-bond acceptors (Lipinski definition) is 4. The van der Waals surface area contributed by atoms with Crippen LogP contribution >= 0.6 is 23.4 Å². The Hall–Kier alpha value is -2.18. The molecule has 0 aliphatic heterocycles. The Bertz CT molecular complexity index is 845. The zero-order valence-electron chi connectivity index (χ0n) is 18.4. The number of hydrogen-bond donors (Lipinski definition) is 1. The molecule has 1 N–H and O–H groups in total. The van der Waals surface area contributed by atoms with Crippen LogP contribution < -0.4 is 10.1 Å². The molecule has 2 aromatic rings. The normalized spacial score (nSPS) is 11.6.